The number of nitrogens with one attached hydrogen (secondary N) is 1. The van der Waals surface area contributed by atoms with E-state index in [1.54, 1.807) is 12.1 Å². The molecule has 0 atom stereocenters. The fourth-order valence-corrected chi connectivity index (χ4v) is 4.42. The summed E-state index contributed by atoms with van der Waals surface area (Å²) in [6.07, 6.45) is 4.25. The lowest BCUT2D eigenvalue weighted by atomic mass is 9.97. The van der Waals surface area contributed by atoms with Crippen LogP contribution in [0.4, 0.5) is 0 Å². The van der Waals surface area contributed by atoms with Gasteiger partial charge in [-0.25, -0.2) is 8.42 Å². The minimum Gasteiger partial charge on any atom is -0.353 e. The van der Waals surface area contributed by atoms with E-state index in [9.17, 15) is 13.2 Å². The number of amides is 1. The van der Waals surface area contributed by atoms with Crippen LogP contribution in [0.3, 0.4) is 0 Å². The van der Waals surface area contributed by atoms with Crippen molar-refractivity contribution < 1.29 is 13.2 Å². The van der Waals surface area contributed by atoms with Crippen LogP contribution >= 0.6 is 0 Å². The molecule has 0 bridgehead atoms. The van der Waals surface area contributed by atoms with E-state index in [2.05, 4.69) is 5.32 Å². The minimum absolute atomic E-state index is 0.0514. The predicted molar refractivity (Wildman–Crippen MR) is 88.5 cm³/mol. The molecule has 1 amide bonds. The first-order chi connectivity index (χ1) is 11.0. The molecule has 126 valence electrons. The van der Waals surface area contributed by atoms with Crippen molar-refractivity contribution >= 4 is 15.9 Å². The molecule has 2 aliphatic rings. The van der Waals surface area contributed by atoms with Crippen LogP contribution in [0.25, 0.3) is 0 Å². The van der Waals surface area contributed by atoms with Gasteiger partial charge in [0.05, 0.1) is 4.90 Å². The molecule has 0 aromatic heterocycles. The molecule has 1 saturated heterocycles. The highest BCUT2D eigenvalue weighted by atomic mass is 32.2. The maximum atomic E-state index is 12.7. The number of rotatable bonds is 5. The van der Waals surface area contributed by atoms with Gasteiger partial charge >= 0.3 is 0 Å². The highest BCUT2D eigenvalue weighted by molar-refractivity contribution is 7.89. The lowest BCUT2D eigenvalue weighted by Crippen LogP contribution is -2.43. The first kappa shape index (κ1) is 16.5. The third kappa shape index (κ3) is 3.75. The monoisotopic (exact) mass is 336 g/mol. The van der Waals surface area contributed by atoms with Gasteiger partial charge < -0.3 is 5.32 Å². The molecule has 6 heteroatoms. The van der Waals surface area contributed by atoms with Crippen LogP contribution in [0.15, 0.2) is 29.2 Å². The van der Waals surface area contributed by atoms with Gasteiger partial charge in [0.15, 0.2) is 0 Å². The van der Waals surface area contributed by atoms with Crippen molar-refractivity contribution in [3.05, 3.63) is 29.8 Å². The molecule has 3 rings (SSSR count). The van der Waals surface area contributed by atoms with E-state index in [1.165, 1.54) is 4.31 Å². The van der Waals surface area contributed by atoms with Crippen LogP contribution in [0.5, 0.6) is 0 Å². The average molecular weight is 336 g/mol. The molecule has 1 aliphatic heterocycles. The Labute approximate surface area is 138 Å². The number of benzene rings is 1. The van der Waals surface area contributed by atoms with E-state index in [1.807, 2.05) is 19.1 Å². The zero-order chi connectivity index (χ0) is 16.4. The van der Waals surface area contributed by atoms with Crippen LogP contribution in [-0.2, 0) is 21.2 Å². The molecule has 1 aromatic rings. The van der Waals surface area contributed by atoms with E-state index in [0.717, 1.165) is 24.8 Å². The zero-order valence-electron chi connectivity index (χ0n) is 13.5. The third-order valence-electron chi connectivity index (χ3n) is 4.72. The highest BCUT2D eigenvalue weighted by Crippen LogP contribution is 2.26. The van der Waals surface area contributed by atoms with E-state index < -0.39 is 10.0 Å². The molecule has 1 N–H and O–H groups in total. The smallest absolute Gasteiger partial charge is 0.243 e. The molecule has 1 saturated carbocycles. The Hall–Kier alpha value is -1.40. The normalized spacial score (nSPS) is 20.4. The van der Waals surface area contributed by atoms with Crippen LogP contribution in [0.2, 0.25) is 0 Å². The number of sulfonamides is 1. The Morgan fingerprint density at radius 1 is 1.13 bits per heavy atom. The van der Waals surface area contributed by atoms with Crippen molar-refractivity contribution in [2.75, 3.05) is 13.1 Å². The first-order valence-corrected chi connectivity index (χ1v) is 9.84. The van der Waals surface area contributed by atoms with Gasteiger partial charge in [-0.3, -0.25) is 4.79 Å². The quantitative estimate of drug-likeness (QED) is 0.893. The molecular formula is C17H24N2O3S. The van der Waals surface area contributed by atoms with Crippen molar-refractivity contribution in [2.45, 2.75) is 50.0 Å². The lowest BCUT2D eigenvalue weighted by molar-refractivity contribution is -0.126. The Balaban J connectivity index is 1.62. The maximum Gasteiger partial charge on any atom is 0.243 e. The molecule has 23 heavy (non-hydrogen) atoms. The topological polar surface area (TPSA) is 66.5 Å². The molecule has 0 radical (unpaired) electrons. The largest absolute Gasteiger partial charge is 0.353 e. The van der Waals surface area contributed by atoms with Gasteiger partial charge in [0.2, 0.25) is 15.9 Å². The Bertz CT molecular complexity index is 658. The second-order valence-electron chi connectivity index (χ2n) is 6.46. The molecule has 2 fully saturated rings. The average Bonchev–Trinajstić information content (AvgIpc) is 3.39. The van der Waals surface area contributed by atoms with Crippen molar-refractivity contribution in [1.82, 2.24) is 9.62 Å². The molecular weight excluding hydrogens is 312 g/mol. The summed E-state index contributed by atoms with van der Waals surface area (Å²) in [6, 6.07) is 7.45. The number of carbonyl (C=O) groups excluding carboxylic acids is 1. The Kier molecular flexibility index (Phi) is 4.73. The summed E-state index contributed by atoms with van der Waals surface area (Å²) in [5, 5.41) is 3.01. The standard InChI is InChI=1S/C17H24N2O3S/c1-2-13-3-7-16(8-4-13)23(21,22)19-11-9-14(10-12-19)17(20)18-15-5-6-15/h3-4,7-8,14-15H,2,5-6,9-12H2,1H3,(H,18,20). The molecule has 0 spiro atoms. The van der Waals surface area contributed by atoms with Gasteiger partial charge in [0.1, 0.15) is 0 Å². The second-order valence-corrected chi connectivity index (χ2v) is 8.40. The van der Waals surface area contributed by atoms with Crippen LogP contribution < -0.4 is 5.32 Å². The van der Waals surface area contributed by atoms with Crippen molar-refractivity contribution in [2.24, 2.45) is 5.92 Å². The molecule has 5 nitrogen and oxygen atoms in total. The van der Waals surface area contributed by atoms with Gasteiger partial charge in [-0.15, -0.1) is 0 Å². The number of hydrogen-bond donors (Lipinski definition) is 1. The second kappa shape index (κ2) is 6.61. The fraction of sp³-hybridized carbons (Fsp3) is 0.588. The summed E-state index contributed by atoms with van der Waals surface area (Å²) >= 11 is 0. The Morgan fingerprint density at radius 3 is 2.26 bits per heavy atom. The van der Waals surface area contributed by atoms with E-state index in [4.69, 9.17) is 0 Å². The van der Waals surface area contributed by atoms with Gasteiger partial charge in [-0.2, -0.15) is 4.31 Å². The summed E-state index contributed by atoms with van der Waals surface area (Å²) in [6.45, 7) is 2.88. The van der Waals surface area contributed by atoms with Gasteiger partial charge in [-0.1, -0.05) is 19.1 Å². The van der Waals surface area contributed by atoms with E-state index in [-0.39, 0.29) is 11.8 Å². The lowest BCUT2D eigenvalue weighted by Gasteiger charge is -2.30. The zero-order valence-corrected chi connectivity index (χ0v) is 14.3. The van der Waals surface area contributed by atoms with E-state index >= 15 is 0 Å². The van der Waals surface area contributed by atoms with E-state index in [0.29, 0.717) is 36.9 Å². The Morgan fingerprint density at radius 2 is 1.74 bits per heavy atom. The van der Waals surface area contributed by atoms with Crippen LogP contribution in [0.1, 0.15) is 38.2 Å². The van der Waals surface area contributed by atoms with Gasteiger partial charge in [0.25, 0.3) is 0 Å². The number of aryl methyl sites for hydroxylation is 1. The third-order valence-corrected chi connectivity index (χ3v) is 6.63. The van der Waals surface area contributed by atoms with Crippen molar-refractivity contribution in [3.8, 4) is 0 Å². The summed E-state index contributed by atoms with van der Waals surface area (Å²) in [7, 11) is -3.45. The first-order valence-electron chi connectivity index (χ1n) is 8.40. The molecule has 0 unspecified atom stereocenters. The summed E-state index contributed by atoms with van der Waals surface area (Å²) in [4.78, 5) is 12.4. The number of piperidine rings is 1. The number of hydrogen-bond acceptors (Lipinski definition) is 3. The molecule has 1 aliphatic carbocycles. The SMILES string of the molecule is CCc1ccc(S(=O)(=O)N2CCC(C(=O)NC3CC3)CC2)cc1. The van der Waals surface area contributed by atoms with Crippen molar-refractivity contribution in [1.29, 1.82) is 0 Å². The van der Waals surface area contributed by atoms with Crippen LogP contribution in [-0.4, -0.2) is 37.8 Å². The van der Waals surface area contributed by atoms with Gasteiger partial charge in [0, 0.05) is 25.0 Å². The predicted octanol–water partition coefficient (Wildman–Crippen LogP) is 1.93. The van der Waals surface area contributed by atoms with Crippen LogP contribution in [0, 0.1) is 5.92 Å². The minimum atomic E-state index is -3.45. The fourth-order valence-electron chi connectivity index (χ4n) is 2.95. The summed E-state index contributed by atoms with van der Waals surface area (Å²) in [5.74, 6) is 0.0429. The van der Waals surface area contributed by atoms with Gasteiger partial charge in [-0.05, 0) is 49.8 Å². The molecule has 1 heterocycles. The number of nitrogens with zero attached hydrogens (tertiary/aromatic N) is 1. The number of carbonyl (C=O) groups is 1. The summed E-state index contributed by atoms with van der Waals surface area (Å²) in [5.41, 5.74) is 1.12. The highest BCUT2D eigenvalue weighted by Gasteiger charge is 2.33. The molecule has 1 aromatic carbocycles. The maximum absolute atomic E-state index is 12.7. The summed E-state index contributed by atoms with van der Waals surface area (Å²) < 4.78 is 26.9. The van der Waals surface area contributed by atoms with Crippen molar-refractivity contribution in [3.63, 3.8) is 0 Å².